The summed E-state index contributed by atoms with van der Waals surface area (Å²) >= 11 is 0. The second kappa shape index (κ2) is 5.05. The number of hydrogen-bond acceptors (Lipinski definition) is 5. The van der Waals surface area contributed by atoms with Crippen molar-refractivity contribution in [3.63, 3.8) is 0 Å². The Morgan fingerprint density at radius 1 is 1.10 bits per heavy atom. The van der Waals surface area contributed by atoms with Gasteiger partial charge >= 0.3 is 27.5 Å². The summed E-state index contributed by atoms with van der Waals surface area (Å²) in [5.41, 5.74) is -8.92. The van der Waals surface area contributed by atoms with E-state index in [-0.39, 0.29) is 18.2 Å². The molecule has 21 heavy (non-hydrogen) atoms. The highest BCUT2D eigenvalue weighted by Gasteiger charge is 2.49. The van der Waals surface area contributed by atoms with Gasteiger partial charge in [-0.3, -0.25) is 10.1 Å². The van der Waals surface area contributed by atoms with Crippen LogP contribution in [0.2, 0.25) is 0 Å². The van der Waals surface area contributed by atoms with Gasteiger partial charge in [0.2, 0.25) is 5.75 Å². The zero-order valence-corrected chi connectivity index (χ0v) is 10.2. The number of hydrogen-bond donors (Lipinski definition) is 0. The van der Waals surface area contributed by atoms with Gasteiger partial charge in [-0.2, -0.15) is 34.8 Å². The van der Waals surface area contributed by atoms with Gasteiger partial charge in [-0.15, -0.1) is 0 Å². The maximum absolute atomic E-state index is 12.4. The van der Waals surface area contributed by atoms with Crippen LogP contribution >= 0.6 is 0 Å². The highest BCUT2D eigenvalue weighted by Crippen LogP contribution is 2.38. The van der Waals surface area contributed by atoms with Crippen LogP contribution in [0, 0.1) is 10.1 Å². The van der Waals surface area contributed by atoms with Crippen molar-refractivity contribution in [3.8, 4) is 5.75 Å². The number of nitro groups is 1. The molecule has 0 saturated carbocycles. The first kappa shape index (κ1) is 17.0. The van der Waals surface area contributed by atoms with Crippen molar-refractivity contribution in [1.29, 1.82) is 0 Å². The average Bonchev–Trinajstić information content (AvgIpc) is 2.25. The topological polar surface area (TPSA) is 86.5 Å². The lowest BCUT2D eigenvalue weighted by atomic mass is 10.2. The number of benzene rings is 1. The lowest BCUT2D eigenvalue weighted by molar-refractivity contribution is -0.385. The highest BCUT2D eigenvalue weighted by atomic mass is 32.2. The Balaban J connectivity index is 3.42. The van der Waals surface area contributed by atoms with Crippen LogP contribution in [0.5, 0.6) is 5.75 Å². The largest absolute Gasteiger partial charge is 0.534 e. The Hall–Kier alpha value is -2.05. The summed E-state index contributed by atoms with van der Waals surface area (Å²) in [7, 11) is -6.34. The van der Waals surface area contributed by atoms with Gasteiger partial charge in [0.15, 0.2) is 0 Å². The fraction of sp³-hybridized carbons (Fsp3) is 0.250. The molecule has 0 N–H and O–H groups in total. The Bertz CT molecular complexity index is 665. The molecular weight excluding hydrogens is 336 g/mol. The predicted molar refractivity (Wildman–Crippen MR) is 53.7 cm³/mol. The monoisotopic (exact) mass is 339 g/mol. The van der Waals surface area contributed by atoms with Crippen molar-refractivity contribution in [2.75, 3.05) is 0 Å². The van der Waals surface area contributed by atoms with Gasteiger partial charge in [0.25, 0.3) is 0 Å². The Morgan fingerprint density at radius 3 is 2.00 bits per heavy atom. The van der Waals surface area contributed by atoms with Gasteiger partial charge in [0.05, 0.1) is 10.5 Å². The van der Waals surface area contributed by atoms with Gasteiger partial charge in [-0.1, -0.05) is 0 Å². The molecule has 0 amide bonds. The third-order valence-corrected chi connectivity index (χ3v) is 2.93. The minimum Gasteiger partial charge on any atom is -0.369 e. The van der Waals surface area contributed by atoms with E-state index in [0.29, 0.717) is 0 Å². The minimum atomic E-state index is -6.34. The Kier molecular flexibility index (Phi) is 4.09. The molecule has 0 bridgehead atoms. The number of rotatable bonds is 3. The van der Waals surface area contributed by atoms with Crippen LogP contribution in [-0.4, -0.2) is 18.8 Å². The van der Waals surface area contributed by atoms with Crippen LogP contribution in [0.1, 0.15) is 5.56 Å². The van der Waals surface area contributed by atoms with Gasteiger partial charge < -0.3 is 4.18 Å². The molecule has 0 heterocycles. The van der Waals surface area contributed by atoms with Crippen molar-refractivity contribution < 1.29 is 43.9 Å². The van der Waals surface area contributed by atoms with Crippen molar-refractivity contribution >= 4 is 15.8 Å². The van der Waals surface area contributed by atoms with E-state index in [1.807, 2.05) is 0 Å². The Morgan fingerprint density at radius 2 is 1.62 bits per heavy atom. The molecule has 0 saturated heterocycles. The first-order valence-corrected chi connectivity index (χ1v) is 6.03. The molecule has 0 aliphatic heterocycles. The molecule has 0 unspecified atom stereocenters. The molecule has 0 aliphatic carbocycles. The summed E-state index contributed by atoms with van der Waals surface area (Å²) in [5, 5.41) is 10.5. The normalized spacial score (nSPS) is 13.0. The van der Waals surface area contributed by atoms with E-state index in [9.17, 15) is 44.9 Å². The molecule has 1 aromatic rings. The molecular formula is C8H3F6NO5S. The van der Waals surface area contributed by atoms with E-state index < -0.39 is 43.7 Å². The quantitative estimate of drug-likeness (QED) is 0.278. The van der Waals surface area contributed by atoms with Gasteiger partial charge in [0.1, 0.15) is 0 Å². The third kappa shape index (κ3) is 3.74. The lowest BCUT2D eigenvalue weighted by Gasteiger charge is -2.11. The van der Waals surface area contributed by atoms with Crippen LogP contribution in [0.25, 0.3) is 0 Å². The minimum absolute atomic E-state index is 0.185. The number of nitro benzene ring substituents is 1. The summed E-state index contributed by atoms with van der Waals surface area (Å²) in [6.07, 6.45) is -5.06. The summed E-state index contributed by atoms with van der Waals surface area (Å²) < 4.78 is 98.2. The molecule has 0 fully saturated rings. The van der Waals surface area contributed by atoms with Crippen LogP contribution < -0.4 is 4.18 Å². The zero-order chi connectivity index (χ0) is 16.6. The van der Waals surface area contributed by atoms with Crippen molar-refractivity contribution in [3.05, 3.63) is 33.9 Å². The standard InChI is InChI=1S/C8H3F6NO5S/c9-7(10,11)4-1-2-5(15(16)17)6(3-4)20-21(18,19)8(12,13)14/h1-3H. The number of halogens is 6. The van der Waals surface area contributed by atoms with E-state index in [1.165, 1.54) is 0 Å². The van der Waals surface area contributed by atoms with Gasteiger partial charge in [-0.25, -0.2) is 0 Å². The van der Waals surface area contributed by atoms with E-state index in [0.717, 1.165) is 0 Å². The zero-order valence-electron chi connectivity index (χ0n) is 9.40. The highest BCUT2D eigenvalue weighted by molar-refractivity contribution is 7.88. The van der Waals surface area contributed by atoms with E-state index >= 15 is 0 Å². The van der Waals surface area contributed by atoms with Crippen molar-refractivity contribution in [2.24, 2.45) is 0 Å². The molecule has 0 atom stereocenters. The summed E-state index contributed by atoms with van der Waals surface area (Å²) in [6, 6.07) is 0.177. The van der Waals surface area contributed by atoms with E-state index in [1.54, 1.807) is 0 Å². The van der Waals surface area contributed by atoms with E-state index in [4.69, 9.17) is 0 Å². The van der Waals surface area contributed by atoms with Crippen LogP contribution in [0.3, 0.4) is 0 Å². The fourth-order valence-corrected chi connectivity index (χ4v) is 1.54. The number of alkyl halides is 6. The molecule has 0 aromatic heterocycles. The second-order valence-electron chi connectivity index (χ2n) is 3.42. The third-order valence-electron chi connectivity index (χ3n) is 1.97. The molecule has 1 aromatic carbocycles. The van der Waals surface area contributed by atoms with E-state index in [2.05, 4.69) is 4.18 Å². The fourth-order valence-electron chi connectivity index (χ4n) is 1.07. The molecule has 6 nitrogen and oxygen atoms in total. The van der Waals surface area contributed by atoms with Crippen LogP contribution in [0.4, 0.5) is 32.0 Å². The smallest absolute Gasteiger partial charge is 0.369 e. The Labute approximate surface area is 112 Å². The summed E-state index contributed by atoms with van der Waals surface area (Å²) in [6.45, 7) is 0. The van der Waals surface area contributed by atoms with Gasteiger partial charge in [0, 0.05) is 12.1 Å². The van der Waals surface area contributed by atoms with Gasteiger partial charge in [-0.05, 0) is 6.07 Å². The summed E-state index contributed by atoms with van der Waals surface area (Å²) in [5.74, 6) is -1.69. The molecule has 0 aliphatic rings. The maximum atomic E-state index is 12.4. The molecule has 0 spiro atoms. The lowest BCUT2D eigenvalue weighted by Crippen LogP contribution is -2.28. The van der Waals surface area contributed by atoms with Crippen molar-refractivity contribution in [2.45, 2.75) is 11.7 Å². The molecule has 13 heteroatoms. The number of nitrogens with zero attached hydrogens (tertiary/aromatic N) is 1. The first-order valence-electron chi connectivity index (χ1n) is 4.62. The molecule has 0 radical (unpaired) electrons. The average molecular weight is 339 g/mol. The van der Waals surface area contributed by atoms with Crippen LogP contribution in [-0.2, 0) is 16.3 Å². The maximum Gasteiger partial charge on any atom is 0.534 e. The molecule has 1 rings (SSSR count). The van der Waals surface area contributed by atoms with Crippen molar-refractivity contribution in [1.82, 2.24) is 0 Å². The summed E-state index contributed by atoms with van der Waals surface area (Å²) in [4.78, 5) is 9.10. The SMILES string of the molecule is O=[N+]([O-])c1ccc(C(F)(F)F)cc1OS(=O)(=O)C(F)(F)F. The first-order chi connectivity index (χ1) is 9.25. The molecule has 118 valence electrons. The second-order valence-corrected chi connectivity index (χ2v) is 4.96. The predicted octanol–water partition coefficient (Wildman–Crippen LogP) is 2.84. The van der Waals surface area contributed by atoms with Crippen LogP contribution in [0.15, 0.2) is 18.2 Å².